The Morgan fingerprint density at radius 3 is 2.55 bits per heavy atom. The zero-order valence-electron chi connectivity index (χ0n) is 17.8. The molecule has 0 radical (unpaired) electrons. The summed E-state index contributed by atoms with van der Waals surface area (Å²) in [6.45, 7) is 6.29. The Morgan fingerprint density at radius 1 is 1.13 bits per heavy atom. The van der Waals surface area contributed by atoms with Gasteiger partial charge >= 0.3 is 5.97 Å². The van der Waals surface area contributed by atoms with Crippen LogP contribution in [-0.4, -0.2) is 30.1 Å². The normalized spacial score (nSPS) is 19.7. The topological polar surface area (TPSA) is 47.6 Å². The third-order valence-corrected chi connectivity index (χ3v) is 8.38. The molecule has 0 aliphatic carbocycles. The van der Waals surface area contributed by atoms with Crippen molar-refractivity contribution in [3.63, 3.8) is 0 Å². The first kappa shape index (κ1) is 22.0. The standard InChI is InChI=1S/C24H23NO3S3/c1-5-28-22(26)20-19(14-9-7-6-8-10-14)30-23(31-20)18-16-12-11-15(27-4)13-17(16)25-24(2,3)21(18)29/h6-13,25H,5H2,1-4H3/b23-18-. The zero-order valence-corrected chi connectivity index (χ0v) is 20.2. The fourth-order valence-corrected chi connectivity index (χ4v) is 6.60. The SMILES string of the molecule is CCOC(=O)C1=C(c2ccccc2)S/C(=C2/C(=S)C(C)(C)Nc3cc(OC)ccc32)S1. The average molecular weight is 470 g/mol. The van der Waals surface area contributed by atoms with Crippen LogP contribution in [0.1, 0.15) is 31.9 Å². The Hall–Kier alpha value is -2.22. The van der Waals surface area contributed by atoms with E-state index in [-0.39, 0.29) is 5.97 Å². The van der Waals surface area contributed by atoms with Gasteiger partial charge in [-0.1, -0.05) is 66.1 Å². The number of nitrogens with one attached hydrogen (secondary N) is 1. The minimum atomic E-state index is -0.419. The summed E-state index contributed by atoms with van der Waals surface area (Å²) in [6, 6.07) is 15.9. The number of methoxy groups -OCH3 is 1. The van der Waals surface area contributed by atoms with Crippen LogP contribution >= 0.6 is 35.7 Å². The molecule has 1 N–H and O–H groups in total. The van der Waals surface area contributed by atoms with Gasteiger partial charge in [-0.2, -0.15) is 0 Å². The van der Waals surface area contributed by atoms with Gasteiger partial charge in [-0.25, -0.2) is 4.79 Å². The predicted octanol–water partition coefficient (Wildman–Crippen LogP) is 6.35. The molecular weight excluding hydrogens is 446 g/mol. The van der Waals surface area contributed by atoms with Crippen molar-refractivity contribution >= 4 is 62.7 Å². The molecule has 31 heavy (non-hydrogen) atoms. The Morgan fingerprint density at radius 2 is 1.87 bits per heavy atom. The fourth-order valence-electron chi connectivity index (χ4n) is 3.51. The van der Waals surface area contributed by atoms with Crippen LogP contribution in [0.4, 0.5) is 5.69 Å². The van der Waals surface area contributed by atoms with Crippen molar-refractivity contribution < 1.29 is 14.3 Å². The molecule has 0 unspecified atom stereocenters. The molecule has 0 saturated heterocycles. The fraction of sp³-hybridized carbons (Fsp3) is 0.250. The van der Waals surface area contributed by atoms with Crippen molar-refractivity contribution in [2.75, 3.05) is 19.0 Å². The largest absolute Gasteiger partial charge is 0.497 e. The summed E-state index contributed by atoms with van der Waals surface area (Å²) in [5, 5.41) is 3.53. The number of benzene rings is 2. The number of thiocarbonyl (C=S) groups is 1. The summed E-state index contributed by atoms with van der Waals surface area (Å²) in [7, 11) is 1.66. The van der Waals surface area contributed by atoms with Gasteiger partial charge in [0, 0.05) is 32.7 Å². The first-order chi connectivity index (χ1) is 14.9. The molecule has 0 aromatic heterocycles. The number of hydrogen-bond donors (Lipinski definition) is 1. The molecule has 0 amide bonds. The first-order valence-corrected chi connectivity index (χ1v) is 12.0. The highest BCUT2D eigenvalue weighted by molar-refractivity contribution is 8.32. The number of ether oxygens (including phenoxy) is 2. The van der Waals surface area contributed by atoms with E-state index in [9.17, 15) is 4.79 Å². The number of thioether (sulfide) groups is 2. The van der Waals surface area contributed by atoms with E-state index in [1.807, 2.05) is 55.5 Å². The molecule has 2 aliphatic heterocycles. The van der Waals surface area contributed by atoms with Crippen LogP contribution in [0, 0.1) is 0 Å². The van der Waals surface area contributed by atoms with Crippen LogP contribution in [0.15, 0.2) is 57.7 Å². The summed E-state index contributed by atoms with van der Waals surface area (Å²) < 4.78 is 11.8. The van der Waals surface area contributed by atoms with E-state index in [2.05, 4.69) is 19.2 Å². The van der Waals surface area contributed by atoms with Gasteiger partial charge in [0.05, 0.1) is 23.5 Å². The second-order valence-corrected chi connectivity index (χ2v) is 10.3. The first-order valence-electron chi connectivity index (χ1n) is 9.94. The van der Waals surface area contributed by atoms with Crippen LogP contribution in [0.25, 0.3) is 10.5 Å². The molecule has 0 spiro atoms. The second kappa shape index (κ2) is 8.73. The van der Waals surface area contributed by atoms with Crippen LogP contribution in [-0.2, 0) is 9.53 Å². The Kier molecular flexibility index (Phi) is 6.19. The molecule has 2 aliphatic rings. The van der Waals surface area contributed by atoms with E-state index in [0.29, 0.717) is 11.5 Å². The van der Waals surface area contributed by atoms with Gasteiger partial charge < -0.3 is 14.8 Å². The smallest absolute Gasteiger partial charge is 0.346 e. The van der Waals surface area contributed by atoms with Crippen molar-refractivity contribution in [1.29, 1.82) is 0 Å². The lowest BCUT2D eigenvalue weighted by Crippen LogP contribution is -2.43. The third-order valence-electron chi connectivity index (χ3n) is 5.03. The lowest BCUT2D eigenvalue weighted by atomic mass is 9.85. The molecule has 2 heterocycles. The molecule has 2 aromatic carbocycles. The Labute approximate surface area is 196 Å². The number of rotatable bonds is 4. The molecule has 7 heteroatoms. The van der Waals surface area contributed by atoms with Crippen LogP contribution in [0.5, 0.6) is 5.75 Å². The summed E-state index contributed by atoms with van der Waals surface area (Å²) in [5.74, 6) is 0.477. The van der Waals surface area contributed by atoms with Gasteiger partial charge in [0.1, 0.15) is 10.7 Å². The monoisotopic (exact) mass is 469 g/mol. The maximum absolute atomic E-state index is 12.8. The average Bonchev–Trinajstić information content (AvgIpc) is 3.20. The van der Waals surface area contributed by atoms with Gasteiger partial charge in [-0.05, 0) is 38.5 Å². The molecule has 0 bridgehead atoms. The molecular formula is C24H23NO3S3. The molecule has 0 fully saturated rings. The number of carbonyl (C=O) groups is 1. The highest BCUT2D eigenvalue weighted by atomic mass is 32.2. The lowest BCUT2D eigenvalue weighted by Gasteiger charge is -2.37. The number of hydrogen-bond acceptors (Lipinski definition) is 7. The highest BCUT2D eigenvalue weighted by Crippen LogP contribution is 2.58. The molecule has 4 rings (SSSR count). The summed E-state index contributed by atoms with van der Waals surface area (Å²) in [5.41, 5.74) is 3.54. The van der Waals surface area contributed by atoms with Crippen molar-refractivity contribution in [3.05, 3.63) is 68.8 Å². The molecule has 4 nitrogen and oxygen atoms in total. The maximum Gasteiger partial charge on any atom is 0.346 e. The quantitative estimate of drug-likeness (QED) is 0.318. The number of carbonyl (C=O) groups excluding carboxylic acids is 1. The van der Waals surface area contributed by atoms with Gasteiger partial charge in [-0.3, -0.25) is 0 Å². The van der Waals surface area contributed by atoms with Crippen LogP contribution in [0.3, 0.4) is 0 Å². The van der Waals surface area contributed by atoms with Gasteiger partial charge in [0.25, 0.3) is 0 Å². The maximum atomic E-state index is 12.8. The summed E-state index contributed by atoms with van der Waals surface area (Å²) in [4.78, 5) is 15.1. The number of anilines is 1. The van der Waals surface area contributed by atoms with Gasteiger partial charge in [-0.15, -0.1) is 0 Å². The van der Waals surface area contributed by atoms with Crippen molar-refractivity contribution in [2.24, 2.45) is 0 Å². The number of esters is 1. The highest BCUT2D eigenvalue weighted by Gasteiger charge is 2.38. The Balaban J connectivity index is 1.86. The molecule has 0 saturated carbocycles. The second-order valence-electron chi connectivity index (χ2n) is 7.60. The molecule has 160 valence electrons. The van der Waals surface area contributed by atoms with E-state index in [0.717, 1.165) is 42.1 Å². The minimum Gasteiger partial charge on any atom is -0.497 e. The van der Waals surface area contributed by atoms with Crippen molar-refractivity contribution in [3.8, 4) is 5.75 Å². The van der Waals surface area contributed by atoms with E-state index in [4.69, 9.17) is 21.7 Å². The lowest BCUT2D eigenvalue weighted by molar-refractivity contribution is -0.137. The van der Waals surface area contributed by atoms with Gasteiger partial charge in [0.15, 0.2) is 0 Å². The van der Waals surface area contributed by atoms with E-state index >= 15 is 0 Å². The van der Waals surface area contributed by atoms with Crippen LogP contribution in [0.2, 0.25) is 0 Å². The van der Waals surface area contributed by atoms with Gasteiger partial charge in [0.2, 0.25) is 0 Å². The van der Waals surface area contributed by atoms with Crippen molar-refractivity contribution in [1.82, 2.24) is 0 Å². The zero-order chi connectivity index (χ0) is 22.2. The Bertz CT molecular complexity index is 1120. The van der Waals surface area contributed by atoms with E-state index in [1.54, 1.807) is 18.9 Å². The molecule has 0 atom stereocenters. The minimum absolute atomic E-state index is 0.302. The van der Waals surface area contributed by atoms with E-state index in [1.165, 1.54) is 11.8 Å². The third kappa shape index (κ3) is 4.14. The predicted molar refractivity (Wildman–Crippen MR) is 135 cm³/mol. The summed E-state index contributed by atoms with van der Waals surface area (Å²) in [6.07, 6.45) is 0. The number of fused-ring (bicyclic) bond motifs is 1. The molecule has 2 aromatic rings. The summed E-state index contributed by atoms with van der Waals surface area (Å²) >= 11 is 8.97. The van der Waals surface area contributed by atoms with E-state index < -0.39 is 5.54 Å². The van der Waals surface area contributed by atoms with Crippen LogP contribution < -0.4 is 10.1 Å². The van der Waals surface area contributed by atoms with Crippen molar-refractivity contribution in [2.45, 2.75) is 26.3 Å².